The third-order valence-corrected chi connectivity index (χ3v) is 4.57. The predicted molar refractivity (Wildman–Crippen MR) is 74.6 cm³/mol. The first-order chi connectivity index (χ1) is 9.39. The van der Waals surface area contributed by atoms with Crippen LogP contribution >= 0.6 is 11.6 Å². The maximum absolute atomic E-state index is 13.1. The minimum absolute atomic E-state index is 0.199. The second kappa shape index (κ2) is 6.35. The van der Waals surface area contributed by atoms with Crippen LogP contribution in [0.25, 0.3) is 0 Å². The summed E-state index contributed by atoms with van der Waals surface area (Å²) < 4.78 is 39.3. The summed E-state index contributed by atoms with van der Waals surface area (Å²) in [5.74, 6) is -1.77. The first-order valence-corrected chi connectivity index (χ1v) is 7.33. The molecule has 2 N–H and O–H groups in total. The van der Waals surface area contributed by atoms with E-state index in [0.29, 0.717) is 24.3 Å². The molecule has 1 fully saturated rings. The quantitative estimate of drug-likeness (QED) is 0.869. The minimum Gasteiger partial charge on any atom is -0.327 e. The van der Waals surface area contributed by atoms with Crippen LogP contribution in [0.4, 0.5) is 13.2 Å². The van der Waals surface area contributed by atoms with Crippen molar-refractivity contribution in [3.05, 3.63) is 34.9 Å². The summed E-state index contributed by atoms with van der Waals surface area (Å²) in [5, 5.41) is 0.572. The summed E-state index contributed by atoms with van der Waals surface area (Å²) >= 11 is 6.06. The molecule has 112 valence electrons. The number of rotatable bonds is 3. The Kier molecular flexibility index (Phi) is 4.97. The fourth-order valence-electron chi connectivity index (χ4n) is 3.15. The average molecular weight is 306 g/mol. The Labute approximate surface area is 122 Å². The molecule has 1 aromatic carbocycles. The molecular formula is C15H19ClF3N. The molecule has 1 aliphatic rings. The lowest BCUT2D eigenvalue weighted by molar-refractivity contribution is -0.198. The van der Waals surface area contributed by atoms with Gasteiger partial charge in [0.2, 0.25) is 0 Å². The third kappa shape index (κ3) is 3.67. The normalized spacial score (nSPS) is 25.4. The van der Waals surface area contributed by atoms with Gasteiger partial charge in [0, 0.05) is 11.1 Å². The van der Waals surface area contributed by atoms with Gasteiger partial charge in [-0.05, 0) is 36.8 Å². The lowest BCUT2D eigenvalue weighted by atomic mass is 9.73. The average Bonchev–Trinajstić information content (AvgIpc) is 2.40. The molecule has 0 saturated heterocycles. The molecule has 0 bridgehead atoms. The highest BCUT2D eigenvalue weighted by Crippen LogP contribution is 2.43. The molecule has 20 heavy (non-hydrogen) atoms. The fourth-order valence-corrected chi connectivity index (χ4v) is 3.36. The Morgan fingerprint density at radius 3 is 2.50 bits per heavy atom. The van der Waals surface area contributed by atoms with Crippen molar-refractivity contribution in [2.24, 2.45) is 17.6 Å². The van der Waals surface area contributed by atoms with Crippen LogP contribution < -0.4 is 5.73 Å². The van der Waals surface area contributed by atoms with Crippen molar-refractivity contribution in [2.45, 2.75) is 44.3 Å². The highest BCUT2D eigenvalue weighted by Gasteiger charge is 2.47. The lowest BCUT2D eigenvalue weighted by Gasteiger charge is -2.36. The molecule has 1 aliphatic carbocycles. The van der Waals surface area contributed by atoms with E-state index < -0.39 is 24.1 Å². The van der Waals surface area contributed by atoms with Crippen molar-refractivity contribution in [3.8, 4) is 0 Å². The molecule has 1 aromatic rings. The number of benzene rings is 1. The van der Waals surface area contributed by atoms with Gasteiger partial charge in [0.05, 0.1) is 5.92 Å². The topological polar surface area (TPSA) is 26.0 Å². The van der Waals surface area contributed by atoms with E-state index in [1.54, 1.807) is 12.1 Å². The maximum atomic E-state index is 13.1. The van der Waals surface area contributed by atoms with E-state index in [0.717, 1.165) is 12.0 Å². The van der Waals surface area contributed by atoms with E-state index in [9.17, 15) is 13.2 Å². The Morgan fingerprint density at radius 1 is 1.20 bits per heavy atom. The highest BCUT2D eigenvalue weighted by atomic mass is 35.5. The Balaban J connectivity index is 2.10. The number of hydrogen-bond acceptors (Lipinski definition) is 1. The van der Waals surface area contributed by atoms with E-state index in [-0.39, 0.29) is 6.42 Å². The monoisotopic (exact) mass is 305 g/mol. The van der Waals surface area contributed by atoms with Crippen molar-refractivity contribution in [1.29, 1.82) is 0 Å². The molecule has 5 heteroatoms. The molecule has 2 rings (SSSR count). The van der Waals surface area contributed by atoms with Crippen molar-refractivity contribution < 1.29 is 13.2 Å². The SMILES string of the molecule is NC(Cc1ccccc1Cl)C1CCCCC1C(F)(F)F. The van der Waals surface area contributed by atoms with Gasteiger partial charge in [0.25, 0.3) is 0 Å². The Morgan fingerprint density at radius 2 is 1.85 bits per heavy atom. The zero-order valence-electron chi connectivity index (χ0n) is 11.2. The highest BCUT2D eigenvalue weighted by molar-refractivity contribution is 6.31. The van der Waals surface area contributed by atoms with Crippen molar-refractivity contribution >= 4 is 11.6 Å². The number of halogens is 4. The van der Waals surface area contributed by atoms with Crippen LogP contribution in [0.3, 0.4) is 0 Å². The molecule has 0 aliphatic heterocycles. The second-order valence-electron chi connectivity index (χ2n) is 5.56. The summed E-state index contributed by atoms with van der Waals surface area (Å²) in [5.41, 5.74) is 6.90. The van der Waals surface area contributed by atoms with Gasteiger partial charge >= 0.3 is 6.18 Å². The molecule has 1 saturated carbocycles. The molecule has 0 radical (unpaired) electrons. The molecule has 1 nitrogen and oxygen atoms in total. The van der Waals surface area contributed by atoms with E-state index in [4.69, 9.17) is 17.3 Å². The summed E-state index contributed by atoms with van der Waals surface area (Å²) in [6.45, 7) is 0. The number of nitrogens with two attached hydrogens (primary N) is 1. The molecule has 3 atom stereocenters. The smallest absolute Gasteiger partial charge is 0.327 e. The predicted octanol–water partition coefficient (Wildman–Crippen LogP) is 4.58. The van der Waals surface area contributed by atoms with Crippen molar-refractivity contribution in [3.63, 3.8) is 0 Å². The molecule has 0 aromatic heterocycles. The van der Waals surface area contributed by atoms with E-state index in [1.807, 2.05) is 12.1 Å². The molecular weight excluding hydrogens is 287 g/mol. The third-order valence-electron chi connectivity index (χ3n) is 4.20. The number of hydrogen-bond donors (Lipinski definition) is 1. The summed E-state index contributed by atoms with van der Waals surface area (Å²) in [7, 11) is 0. The van der Waals surface area contributed by atoms with E-state index in [1.165, 1.54) is 0 Å². The molecule has 0 heterocycles. The van der Waals surface area contributed by atoms with Crippen LogP contribution in [0.2, 0.25) is 5.02 Å². The zero-order chi connectivity index (χ0) is 14.8. The van der Waals surface area contributed by atoms with Crippen LogP contribution in [0, 0.1) is 11.8 Å². The van der Waals surface area contributed by atoms with Gasteiger partial charge in [-0.15, -0.1) is 0 Å². The Hall–Kier alpha value is -0.740. The standard InChI is InChI=1S/C15H19ClF3N/c16-13-8-4-1-5-10(13)9-14(20)11-6-2-3-7-12(11)15(17,18)19/h1,4-5,8,11-12,14H,2-3,6-7,9,20H2. The van der Waals surface area contributed by atoms with Gasteiger partial charge in [0.1, 0.15) is 0 Å². The van der Waals surface area contributed by atoms with Gasteiger partial charge < -0.3 is 5.73 Å². The fraction of sp³-hybridized carbons (Fsp3) is 0.600. The van der Waals surface area contributed by atoms with Crippen molar-refractivity contribution in [2.75, 3.05) is 0 Å². The molecule has 0 spiro atoms. The first kappa shape index (κ1) is 15.6. The van der Waals surface area contributed by atoms with Gasteiger partial charge in [-0.25, -0.2) is 0 Å². The lowest BCUT2D eigenvalue weighted by Crippen LogP contribution is -2.44. The van der Waals surface area contributed by atoms with Gasteiger partial charge in [-0.1, -0.05) is 42.6 Å². The summed E-state index contributed by atoms with van der Waals surface area (Å²) in [4.78, 5) is 0. The van der Waals surface area contributed by atoms with Crippen LogP contribution in [-0.4, -0.2) is 12.2 Å². The largest absolute Gasteiger partial charge is 0.392 e. The van der Waals surface area contributed by atoms with Crippen LogP contribution in [0.5, 0.6) is 0 Å². The first-order valence-electron chi connectivity index (χ1n) is 6.95. The maximum Gasteiger partial charge on any atom is 0.392 e. The van der Waals surface area contributed by atoms with E-state index in [2.05, 4.69) is 0 Å². The van der Waals surface area contributed by atoms with Crippen LogP contribution in [-0.2, 0) is 6.42 Å². The molecule has 3 unspecified atom stereocenters. The molecule has 0 amide bonds. The van der Waals surface area contributed by atoms with Gasteiger partial charge in [0.15, 0.2) is 0 Å². The van der Waals surface area contributed by atoms with Gasteiger partial charge in [-0.2, -0.15) is 13.2 Å². The van der Waals surface area contributed by atoms with Gasteiger partial charge in [-0.3, -0.25) is 0 Å². The summed E-state index contributed by atoms with van der Waals surface area (Å²) in [6, 6.07) is 6.70. The van der Waals surface area contributed by atoms with Crippen LogP contribution in [0.1, 0.15) is 31.2 Å². The van der Waals surface area contributed by atoms with E-state index >= 15 is 0 Å². The second-order valence-corrected chi connectivity index (χ2v) is 5.96. The zero-order valence-corrected chi connectivity index (χ0v) is 11.9. The van der Waals surface area contributed by atoms with Crippen LogP contribution in [0.15, 0.2) is 24.3 Å². The number of alkyl halides is 3. The van der Waals surface area contributed by atoms with Crippen molar-refractivity contribution in [1.82, 2.24) is 0 Å². The minimum atomic E-state index is -4.15. The summed E-state index contributed by atoms with van der Waals surface area (Å²) in [6.07, 6.45) is -1.53. The Bertz CT molecular complexity index is 447.